The van der Waals surface area contributed by atoms with Gasteiger partial charge < -0.3 is 15.4 Å². The van der Waals surface area contributed by atoms with Crippen molar-refractivity contribution >= 4 is 11.8 Å². The van der Waals surface area contributed by atoms with Crippen molar-refractivity contribution in [2.75, 3.05) is 39.3 Å². The molecule has 7 fully saturated rings. The van der Waals surface area contributed by atoms with Crippen LogP contribution in [-0.4, -0.2) is 82.9 Å². The number of pyridine rings is 1. The van der Waals surface area contributed by atoms with Gasteiger partial charge in [-0.25, -0.2) is 0 Å². The van der Waals surface area contributed by atoms with Gasteiger partial charge in [0.15, 0.2) is 0 Å². The van der Waals surface area contributed by atoms with E-state index >= 15 is 0 Å². The molecule has 256 valence electrons. The first kappa shape index (κ1) is 31.2. The zero-order valence-electron chi connectivity index (χ0n) is 28.5. The summed E-state index contributed by atoms with van der Waals surface area (Å²) in [5.41, 5.74) is 9.09. The van der Waals surface area contributed by atoms with Crippen LogP contribution in [0.15, 0.2) is 66.7 Å². The summed E-state index contributed by atoms with van der Waals surface area (Å²) >= 11 is 0. The molecular weight excluding hydrogens is 610 g/mol. The van der Waals surface area contributed by atoms with Crippen LogP contribution >= 0.6 is 0 Å². The van der Waals surface area contributed by atoms with Gasteiger partial charge in [-0.3, -0.25) is 24.4 Å². The average molecular weight is 660 g/mol. The second kappa shape index (κ2) is 12.5. The number of carbonyl (C=O) groups excluding carboxylic acids is 2. The number of carbonyl (C=O) groups is 2. The lowest BCUT2D eigenvalue weighted by molar-refractivity contribution is -0.149. The fourth-order valence-electron chi connectivity index (χ4n) is 10.8. The number of amides is 2. The lowest BCUT2D eigenvalue weighted by atomic mass is 9.49. The molecule has 10 rings (SSSR count). The minimum Gasteiger partial charge on any atom is -0.457 e. The third-order valence-electron chi connectivity index (χ3n) is 13.1. The number of hydrogen-bond donors (Lipinski definition) is 1. The van der Waals surface area contributed by atoms with Crippen molar-refractivity contribution in [1.82, 2.24) is 19.7 Å². The first-order chi connectivity index (χ1) is 23.9. The number of aromatic nitrogens is 1. The van der Waals surface area contributed by atoms with Crippen molar-refractivity contribution in [3.05, 3.63) is 78.0 Å². The summed E-state index contributed by atoms with van der Waals surface area (Å²) in [6, 6.07) is 22.4. The van der Waals surface area contributed by atoms with Gasteiger partial charge in [-0.05, 0) is 136 Å². The van der Waals surface area contributed by atoms with Crippen LogP contribution in [0.5, 0.6) is 11.5 Å². The highest BCUT2D eigenvalue weighted by Crippen LogP contribution is 2.61. The average Bonchev–Trinajstić information content (AvgIpc) is 3.05. The number of para-hydroxylation sites is 1. The normalized spacial score (nSPS) is 29.1. The first-order valence-electron chi connectivity index (χ1n) is 18.8. The molecule has 3 saturated heterocycles. The minimum atomic E-state index is -0.468. The molecule has 3 aliphatic heterocycles. The Bertz CT molecular complexity index is 1650. The number of rotatable bonds is 9. The van der Waals surface area contributed by atoms with Gasteiger partial charge >= 0.3 is 0 Å². The molecule has 0 radical (unpaired) electrons. The van der Waals surface area contributed by atoms with Crippen LogP contribution in [0.1, 0.15) is 79.8 Å². The molecule has 4 saturated carbocycles. The Morgan fingerprint density at radius 3 is 2.00 bits per heavy atom. The summed E-state index contributed by atoms with van der Waals surface area (Å²) in [6.07, 6.45) is 11.2. The lowest BCUT2D eigenvalue weighted by Crippen LogP contribution is -2.70. The Balaban J connectivity index is 0.758. The molecule has 2 amide bonds. The van der Waals surface area contributed by atoms with E-state index in [9.17, 15) is 9.59 Å². The van der Waals surface area contributed by atoms with Crippen LogP contribution in [0.4, 0.5) is 0 Å². The van der Waals surface area contributed by atoms with Gasteiger partial charge in [0.1, 0.15) is 11.5 Å². The number of hydrogen-bond acceptors (Lipinski definition) is 6. The fraction of sp³-hybridized carbons (Fsp3) is 0.537. The number of nitrogens with two attached hydrogens (primary N) is 1. The molecule has 8 nitrogen and oxygen atoms in total. The summed E-state index contributed by atoms with van der Waals surface area (Å²) in [4.78, 5) is 38.2. The standard InChI is InChI=1S/C41H49N5O3/c42-40(48)36-10-11-37(43-39(36)31-6-8-35(9-7-31)49-34-4-2-1-3-5-34)30-12-14-44(15-13-30)32-23-45(24-32)33-25-46(26-33)38(47)22-41-19-27-16-28(20-41)18-29(17-27)21-41/h1-11,27-30,32-33H,12-26H2,(H2,42,48). The predicted octanol–water partition coefficient (Wildman–Crippen LogP) is 6.32. The van der Waals surface area contributed by atoms with E-state index in [-0.39, 0.29) is 0 Å². The van der Waals surface area contributed by atoms with Crippen molar-refractivity contribution in [3.8, 4) is 22.8 Å². The molecule has 0 spiro atoms. The molecule has 3 aromatic rings. The van der Waals surface area contributed by atoms with Gasteiger partial charge in [0.25, 0.3) is 5.91 Å². The maximum absolute atomic E-state index is 13.3. The van der Waals surface area contributed by atoms with E-state index in [0.717, 1.165) is 99.0 Å². The summed E-state index contributed by atoms with van der Waals surface area (Å²) in [5.74, 6) is 4.55. The molecule has 49 heavy (non-hydrogen) atoms. The third kappa shape index (κ3) is 6.16. The van der Waals surface area contributed by atoms with Crippen LogP contribution in [-0.2, 0) is 4.79 Å². The van der Waals surface area contributed by atoms with E-state index in [1.54, 1.807) is 0 Å². The van der Waals surface area contributed by atoms with Gasteiger partial charge in [-0.2, -0.15) is 0 Å². The highest BCUT2D eigenvalue weighted by molar-refractivity contribution is 5.98. The Morgan fingerprint density at radius 2 is 1.37 bits per heavy atom. The van der Waals surface area contributed by atoms with E-state index in [1.807, 2.05) is 66.7 Å². The van der Waals surface area contributed by atoms with Crippen LogP contribution in [0.2, 0.25) is 0 Å². The molecule has 4 bridgehead atoms. The zero-order valence-corrected chi connectivity index (χ0v) is 28.5. The van der Waals surface area contributed by atoms with E-state index in [0.29, 0.717) is 40.6 Å². The highest BCUT2D eigenvalue weighted by Gasteiger charge is 2.52. The van der Waals surface area contributed by atoms with Crippen molar-refractivity contribution in [2.24, 2.45) is 28.9 Å². The van der Waals surface area contributed by atoms with Gasteiger partial charge in [0.05, 0.1) is 11.3 Å². The lowest BCUT2D eigenvalue weighted by Gasteiger charge is -2.58. The number of nitrogens with zero attached hydrogens (tertiary/aromatic N) is 4. The maximum Gasteiger partial charge on any atom is 0.250 e. The Hall–Kier alpha value is -3.75. The third-order valence-corrected chi connectivity index (χ3v) is 13.1. The predicted molar refractivity (Wildman–Crippen MR) is 189 cm³/mol. The second-order valence-corrected chi connectivity index (χ2v) is 16.4. The SMILES string of the molecule is NC(=O)c1ccc(C2CCN(C3CN(C4CN(C(=O)CC56CC7CC(CC(C7)C5)C6)C4)C3)CC2)nc1-c1ccc(Oc2ccccc2)cc1. The maximum atomic E-state index is 13.3. The van der Waals surface area contributed by atoms with Crippen LogP contribution < -0.4 is 10.5 Å². The van der Waals surface area contributed by atoms with Crippen molar-refractivity contribution in [1.29, 1.82) is 0 Å². The molecule has 8 heteroatoms. The molecule has 4 heterocycles. The number of ether oxygens (including phenoxy) is 1. The molecule has 7 aliphatic rings. The molecule has 2 aromatic carbocycles. The van der Waals surface area contributed by atoms with Crippen molar-refractivity contribution in [3.63, 3.8) is 0 Å². The number of likely N-dealkylation sites (tertiary alicyclic amines) is 3. The van der Waals surface area contributed by atoms with Crippen LogP contribution in [0, 0.1) is 23.2 Å². The minimum absolute atomic E-state index is 0.343. The molecule has 2 N–H and O–H groups in total. The molecule has 1 aromatic heterocycles. The van der Waals surface area contributed by atoms with E-state index in [4.69, 9.17) is 15.5 Å². The molecule has 0 unspecified atom stereocenters. The van der Waals surface area contributed by atoms with Crippen molar-refractivity contribution in [2.45, 2.75) is 75.8 Å². The summed E-state index contributed by atoms with van der Waals surface area (Å²) in [5, 5.41) is 0. The molecule has 4 aliphatic carbocycles. The summed E-state index contributed by atoms with van der Waals surface area (Å²) in [7, 11) is 0. The Labute approximate surface area is 290 Å². The fourth-order valence-corrected chi connectivity index (χ4v) is 10.8. The van der Waals surface area contributed by atoms with E-state index in [2.05, 4.69) is 14.7 Å². The smallest absolute Gasteiger partial charge is 0.250 e. The monoisotopic (exact) mass is 659 g/mol. The van der Waals surface area contributed by atoms with Crippen molar-refractivity contribution < 1.29 is 14.3 Å². The topological polar surface area (TPSA) is 92.0 Å². The Kier molecular flexibility index (Phi) is 8.00. The van der Waals surface area contributed by atoms with Gasteiger partial charge in [0, 0.05) is 61.9 Å². The largest absolute Gasteiger partial charge is 0.457 e. The quantitative estimate of drug-likeness (QED) is 0.289. The van der Waals surface area contributed by atoms with Crippen LogP contribution in [0.3, 0.4) is 0 Å². The zero-order chi connectivity index (χ0) is 33.1. The number of piperidine rings is 1. The summed E-state index contributed by atoms with van der Waals surface area (Å²) < 4.78 is 5.96. The van der Waals surface area contributed by atoms with E-state index < -0.39 is 5.91 Å². The first-order valence-corrected chi connectivity index (χ1v) is 18.8. The second-order valence-electron chi connectivity index (χ2n) is 16.4. The van der Waals surface area contributed by atoms with E-state index in [1.165, 1.54) is 38.5 Å². The Morgan fingerprint density at radius 1 is 0.755 bits per heavy atom. The van der Waals surface area contributed by atoms with Crippen LogP contribution in [0.25, 0.3) is 11.3 Å². The molecular formula is C41H49N5O3. The summed E-state index contributed by atoms with van der Waals surface area (Å²) in [6.45, 7) is 6.21. The number of primary amides is 1. The van der Waals surface area contributed by atoms with Gasteiger partial charge in [-0.1, -0.05) is 18.2 Å². The van der Waals surface area contributed by atoms with Gasteiger partial charge in [0.2, 0.25) is 5.91 Å². The highest BCUT2D eigenvalue weighted by atomic mass is 16.5. The number of benzene rings is 2. The molecule has 0 atom stereocenters. The van der Waals surface area contributed by atoms with Gasteiger partial charge in [-0.15, -0.1) is 0 Å².